The van der Waals surface area contributed by atoms with Crippen LogP contribution in [-0.2, 0) is 9.47 Å². The molecule has 24 heavy (non-hydrogen) atoms. The van der Waals surface area contributed by atoms with E-state index in [0.717, 1.165) is 27.3 Å². The number of benzene rings is 3. The first-order valence-corrected chi connectivity index (χ1v) is 8.70. The normalized spacial score (nSPS) is 28.3. The number of alkyl halides is 1. The van der Waals surface area contributed by atoms with Crippen molar-refractivity contribution >= 4 is 43.6 Å². The Balaban J connectivity index is 1.81. The lowest BCUT2D eigenvalue weighted by Crippen LogP contribution is -2.37. The fourth-order valence-corrected chi connectivity index (χ4v) is 4.74. The van der Waals surface area contributed by atoms with Gasteiger partial charge in [0.15, 0.2) is 12.2 Å². The third kappa shape index (κ3) is 1.85. The second-order valence-electron chi connectivity index (χ2n) is 6.25. The van der Waals surface area contributed by atoms with Crippen LogP contribution >= 0.6 is 15.9 Å². The van der Waals surface area contributed by atoms with E-state index in [0.29, 0.717) is 0 Å². The summed E-state index contributed by atoms with van der Waals surface area (Å²) < 4.78 is 10.4. The van der Waals surface area contributed by atoms with Crippen LogP contribution in [0.15, 0.2) is 48.5 Å². The van der Waals surface area contributed by atoms with Gasteiger partial charge in [-0.3, -0.25) is 0 Å². The van der Waals surface area contributed by atoms with Gasteiger partial charge in [-0.1, -0.05) is 52.3 Å². The zero-order valence-electron chi connectivity index (χ0n) is 12.5. The Labute approximate surface area is 146 Å². The van der Waals surface area contributed by atoms with E-state index in [1.54, 1.807) is 0 Å². The van der Waals surface area contributed by atoms with E-state index in [1.807, 2.05) is 24.3 Å². The molecule has 1 N–H and O–H groups in total. The SMILES string of the molecule is O=C1O[C@@H]2[C@H](O1)[C@@H](O)c1ccc3cc4ccccc4cc3c1[C@H]2Br. The van der Waals surface area contributed by atoms with Gasteiger partial charge in [-0.25, -0.2) is 4.79 Å². The average molecular weight is 385 g/mol. The molecule has 1 heterocycles. The Morgan fingerprint density at radius 1 is 0.917 bits per heavy atom. The number of aliphatic hydroxyl groups is 1. The highest BCUT2D eigenvalue weighted by Crippen LogP contribution is 2.49. The van der Waals surface area contributed by atoms with Gasteiger partial charge in [0.05, 0.1) is 4.83 Å². The lowest BCUT2D eigenvalue weighted by molar-refractivity contribution is 0.00368. The van der Waals surface area contributed by atoms with Crippen LogP contribution in [0.4, 0.5) is 4.79 Å². The molecule has 1 aliphatic heterocycles. The van der Waals surface area contributed by atoms with Crippen molar-refractivity contribution in [1.82, 2.24) is 0 Å². The van der Waals surface area contributed by atoms with E-state index in [4.69, 9.17) is 9.47 Å². The molecule has 3 aromatic carbocycles. The lowest BCUT2D eigenvalue weighted by atomic mass is 9.82. The van der Waals surface area contributed by atoms with Gasteiger partial charge in [0.25, 0.3) is 0 Å². The lowest BCUT2D eigenvalue weighted by Gasteiger charge is -2.33. The van der Waals surface area contributed by atoms with Crippen LogP contribution in [-0.4, -0.2) is 23.5 Å². The van der Waals surface area contributed by atoms with E-state index in [-0.39, 0.29) is 4.83 Å². The number of fused-ring (bicyclic) bond motifs is 5. The van der Waals surface area contributed by atoms with Crippen molar-refractivity contribution < 1.29 is 19.4 Å². The number of carbonyl (C=O) groups excluding carboxylic acids is 1. The molecule has 4 nitrogen and oxygen atoms in total. The van der Waals surface area contributed by atoms with Crippen LogP contribution in [0.2, 0.25) is 0 Å². The van der Waals surface area contributed by atoms with E-state index in [1.165, 1.54) is 5.39 Å². The number of rotatable bonds is 0. The van der Waals surface area contributed by atoms with Gasteiger partial charge in [0, 0.05) is 0 Å². The predicted octanol–water partition coefficient (Wildman–Crippen LogP) is 4.38. The molecule has 1 aliphatic carbocycles. The fourth-order valence-electron chi connectivity index (χ4n) is 3.82. The molecule has 5 rings (SSSR count). The van der Waals surface area contributed by atoms with Crippen molar-refractivity contribution in [2.75, 3.05) is 0 Å². The first-order chi connectivity index (χ1) is 11.6. The minimum absolute atomic E-state index is 0.225. The molecule has 0 aromatic heterocycles. The molecule has 0 unspecified atom stereocenters. The molecular weight excluding hydrogens is 372 g/mol. The number of hydrogen-bond acceptors (Lipinski definition) is 4. The summed E-state index contributed by atoms with van der Waals surface area (Å²) in [7, 11) is 0. The Morgan fingerprint density at radius 2 is 1.62 bits per heavy atom. The average Bonchev–Trinajstić information content (AvgIpc) is 2.99. The molecule has 5 heteroatoms. The summed E-state index contributed by atoms with van der Waals surface area (Å²) in [6.45, 7) is 0. The highest BCUT2D eigenvalue weighted by atomic mass is 79.9. The van der Waals surface area contributed by atoms with Crippen LogP contribution in [0.5, 0.6) is 0 Å². The highest BCUT2D eigenvalue weighted by Gasteiger charge is 2.51. The summed E-state index contributed by atoms with van der Waals surface area (Å²) in [6.07, 6.45) is -2.82. The number of halogens is 1. The molecule has 4 atom stereocenters. The topological polar surface area (TPSA) is 55.8 Å². The summed E-state index contributed by atoms with van der Waals surface area (Å²) in [4.78, 5) is 11.3. The number of aliphatic hydroxyl groups excluding tert-OH is 1. The third-order valence-corrected chi connectivity index (χ3v) is 5.92. The molecule has 0 radical (unpaired) electrons. The van der Waals surface area contributed by atoms with Crippen molar-refractivity contribution in [3.8, 4) is 0 Å². The molecule has 120 valence electrons. The van der Waals surface area contributed by atoms with Crippen molar-refractivity contribution in [2.24, 2.45) is 0 Å². The largest absolute Gasteiger partial charge is 0.509 e. The van der Waals surface area contributed by atoms with E-state index in [2.05, 4.69) is 40.2 Å². The van der Waals surface area contributed by atoms with Crippen LogP contribution in [0.3, 0.4) is 0 Å². The summed E-state index contributed by atoms with van der Waals surface area (Å²) in [5.41, 5.74) is 1.74. The Bertz CT molecular complexity index is 999. The molecule has 1 saturated heterocycles. The minimum Gasteiger partial charge on any atom is -0.425 e. The quantitative estimate of drug-likeness (QED) is 0.355. The molecule has 0 amide bonds. The fraction of sp³-hybridized carbons (Fsp3) is 0.211. The molecule has 0 spiro atoms. The molecule has 0 bridgehead atoms. The van der Waals surface area contributed by atoms with E-state index in [9.17, 15) is 9.90 Å². The Kier molecular flexibility index (Phi) is 2.94. The molecular formula is C19H13BrO4. The summed E-state index contributed by atoms with van der Waals surface area (Å²) in [5, 5.41) is 15.1. The minimum atomic E-state index is -0.888. The van der Waals surface area contributed by atoms with Crippen molar-refractivity contribution in [2.45, 2.75) is 23.1 Å². The Hall–Kier alpha value is -2.11. The van der Waals surface area contributed by atoms with E-state index < -0.39 is 24.5 Å². The zero-order chi connectivity index (χ0) is 16.4. The predicted molar refractivity (Wildman–Crippen MR) is 93.2 cm³/mol. The maximum absolute atomic E-state index is 11.5. The van der Waals surface area contributed by atoms with Crippen LogP contribution in [0.1, 0.15) is 22.1 Å². The van der Waals surface area contributed by atoms with Crippen molar-refractivity contribution in [1.29, 1.82) is 0 Å². The van der Waals surface area contributed by atoms with Gasteiger partial charge in [0.2, 0.25) is 0 Å². The number of hydrogen-bond donors (Lipinski definition) is 1. The van der Waals surface area contributed by atoms with Gasteiger partial charge >= 0.3 is 6.16 Å². The van der Waals surface area contributed by atoms with Crippen LogP contribution in [0, 0.1) is 0 Å². The first kappa shape index (κ1) is 14.3. The number of carbonyl (C=O) groups is 1. The molecule has 0 saturated carbocycles. The summed E-state index contributed by atoms with van der Waals surface area (Å²) >= 11 is 3.67. The second kappa shape index (κ2) is 4.94. The maximum atomic E-state index is 11.5. The zero-order valence-corrected chi connectivity index (χ0v) is 14.1. The standard InChI is InChI=1S/C19H13BrO4/c20-15-14-12(16(21)18-17(15)23-19(22)24-18)6-5-11-7-9-3-1-2-4-10(9)8-13(11)14/h1-8,15-18,21H/t15-,16+,17+,18-/m1/s1. The molecule has 3 aromatic rings. The summed E-state index contributed by atoms with van der Waals surface area (Å²) in [5.74, 6) is 0. The van der Waals surface area contributed by atoms with Gasteiger partial charge in [-0.05, 0) is 44.8 Å². The first-order valence-electron chi connectivity index (χ1n) is 7.78. The maximum Gasteiger partial charge on any atom is 0.509 e. The van der Waals surface area contributed by atoms with Crippen LogP contribution in [0.25, 0.3) is 21.5 Å². The second-order valence-corrected chi connectivity index (χ2v) is 7.24. The van der Waals surface area contributed by atoms with Crippen molar-refractivity contribution in [3.63, 3.8) is 0 Å². The molecule has 2 aliphatic rings. The third-order valence-electron chi connectivity index (χ3n) is 4.94. The van der Waals surface area contributed by atoms with E-state index >= 15 is 0 Å². The Morgan fingerprint density at radius 3 is 2.42 bits per heavy atom. The van der Waals surface area contributed by atoms with Crippen LogP contribution < -0.4 is 0 Å². The van der Waals surface area contributed by atoms with Gasteiger partial charge in [-0.15, -0.1) is 0 Å². The smallest absolute Gasteiger partial charge is 0.425 e. The van der Waals surface area contributed by atoms with Gasteiger partial charge in [-0.2, -0.15) is 0 Å². The molecule has 1 fully saturated rings. The van der Waals surface area contributed by atoms with Gasteiger partial charge < -0.3 is 14.6 Å². The summed E-state index contributed by atoms with van der Waals surface area (Å²) in [6, 6.07) is 16.4. The van der Waals surface area contributed by atoms with Gasteiger partial charge in [0.1, 0.15) is 6.10 Å². The monoisotopic (exact) mass is 384 g/mol. The highest BCUT2D eigenvalue weighted by molar-refractivity contribution is 9.09. The van der Waals surface area contributed by atoms with Crippen molar-refractivity contribution in [3.05, 3.63) is 59.7 Å². The number of ether oxygens (including phenoxy) is 2.